The highest BCUT2D eigenvalue weighted by molar-refractivity contribution is 7.89. The molecule has 26 heavy (non-hydrogen) atoms. The molecule has 2 N–H and O–H groups in total. The summed E-state index contributed by atoms with van der Waals surface area (Å²) in [6.07, 6.45) is 0. The molecule has 0 saturated heterocycles. The molecule has 0 bridgehead atoms. The minimum absolute atomic E-state index is 0.117. The van der Waals surface area contributed by atoms with E-state index in [4.69, 9.17) is 0 Å². The van der Waals surface area contributed by atoms with Gasteiger partial charge >= 0.3 is 0 Å². The van der Waals surface area contributed by atoms with Gasteiger partial charge < -0.3 is 5.32 Å². The van der Waals surface area contributed by atoms with Crippen LogP contribution in [0, 0.1) is 6.92 Å². The molecule has 0 fully saturated rings. The highest BCUT2D eigenvalue weighted by atomic mass is 32.2. The SMILES string of the molecule is Cc1ccc(S(=O)(=O)N[C@H](C)C(=O)Nc2ccc3ccccc3n2)cc1. The van der Waals surface area contributed by atoms with Gasteiger partial charge in [-0.2, -0.15) is 4.72 Å². The number of para-hydroxylation sites is 1. The normalized spacial score (nSPS) is 12.7. The number of aromatic nitrogens is 1. The van der Waals surface area contributed by atoms with Crippen molar-refractivity contribution in [2.75, 3.05) is 5.32 Å². The average Bonchev–Trinajstić information content (AvgIpc) is 2.61. The van der Waals surface area contributed by atoms with Crippen LogP contribution < -0.4 is 10.0 Å². The summed E-state index contributed by atoms with van der Waals surface area (Å²) in [5, 5.41) is 3.60. The van der Waals surface area contributed by atoms with Gasteiger partial charge in [0.15, 0.2) is 0 Å². The number of carbonyl (C=O) groups is 1. The van der Waals surface area contributed by atoms with E-state index in [0.29, 0.717) is 5.82 Å². The van der Waals surface area contributed by atoms with E-state index in [1.807, 2.05) is 37.3 Å². The second kappa shape index (κ2) is 7.23. The van der Waals surface area contributed by atoms with Crippen molar-refractivity contribution >= 4 is 32.7 Å². The standard InChI is InChI=1S/C19H19N3O3S/c1-13-7-10-16(11-8-13)26(24,25)22-14(2)19(23)21-18-12-9-15-5-3-4-6-17(15)20-18/h3-12,14,22H,1-2H3,(H,20,21,23)/t14-/m1/s1. The highest BCUT2D eigenvalue weighted by Crippen LogP contribution is 2.15. The molecule has 0 aliphatic rings. The number of carbonyl (C=O) groups excluding carboxylic acids is 1. The largest absolute Gasteiger partial charge is 0.309 e. The third-order valence-electron chi connectivity index (χ3n) is 3.91. The third kappa shape index (κ3) is 4.07. The van der Waals surface area contributed by atoms with Gasteiger partial charge in [-0.05, 0) is 44.2 Å². The Balaban J connectivity index is 1.71. The summed E-state index contributed by atoms with van der Waals surface area (Å²) in [5.74, 6) is -0.112. The number of benzene rings is 2. The maximum atomic E-state index is 12.4. The number of amides is 1. The molecule has 7 heteroatoms. The van der Waals surface area contributed by atoms with E-state index in [9.17, 15) is 13.2 Å². The van der Waals surface area contributed by atoms with Crippen molar-refractivity contribution in [1.82, 2.24) is 9.71 Å². The van der Waals surface area contributed by atoms with Crippen LogP contribution >= 0.6 is 0 Å². The predicted molar refractivity (Wildman–Crippen MR) is 101 cm³/mol. The Morgan fingerprint density at radius 1 is 1.00 bits per heavy atom. The number of sulfonamides is 1. The van der Waals surface area contributed by atoms with Crippen LogP contribution in [0.4, 0.5) is 5.82 Å². The van der Waals surface area contributed by atoms with Crippen molar-refractivity contribution < 1.29 is 13.2 Å². The van der Waals surface area contributed by atoms with Gasteiger partial charge in [-0.3, -0.25) is 4.79 Å². The fourth-order valence-electron chi connectivity index (χ4n) is 2.44. The van der Waals surface area contributed by atoms with Crippen LogP contribution in [-0.4, -0.2) is 25.4 Å². The lowest BCUT2D eigenvalue weighted by Crippen LogP contribution is -2.41. The van der Waals surface area contributed by atoms with Crippen molar-refractivity contribution in [3.63, 3.8) is 0 Å². The monoisotopic (exact) mass is 369 g/mol. The van der Waals surface area contributed by atoms with Crippen molar-refractivity contribution in [3.8, 4) is 0 Å². The fraction of sp³-hybridized carbons (Fsp3) is 0.158. The first-order valence-electron chi connectivity index (χ1n) is 8.11. The van der Waals surface area contributed by atoms with Gasteiger partial charge in [0.1, 0.15) is 5.82 Å². The smallest absolute Gasteiger partial charge is 0.243 e. The molecule has 0 saturated carbocycles. The van der Waals surface area contributed by atoms with E-state index in [1.54, 1.807) is 18.2 Å². The molecule has 3 rings (SSSR count). The Morgan fingerprint density at radius 3 is 2.42 bits per heavy atom. The van der Waals surface area contributed by atoms with Gasteiger partial charge in [0.2, 0.25) is 15.9 Å². The molecule has 0 aliphatic carbocycles. The Hall–Kier alpha value is -2.77. The molecule has 1 heterocycles. The van der Waals surface area contributed by atoms with E-state index in [1.165, 1.54) is 19.1 Å². The van der Waals surface area contributed by atoms with E-state index in [0.717, 1.165) is 16.5 Å². The molecular formula is C19H19N3O3S. The second-order valence-electron chi connectivity index (χ2n) is 6.03. The number of nitrogens with one attached hydrogen (secondary N) is 2. The van der Waals surface area contributed by atoms with Crippen molar-refractivity contribution in [2.45, 2.75) is 24.8 Å². The van der Waals surface area contributed by atoms with Gasteiger partial charge in [-0.25, -0.2) is 13.4 Å². The summed E-state index contributed by atoms with van der Waals surface area (Å²) in [4.78, 5) is 16.8. The zero-order valence-electron chi connectivity index (χ0n) is 14.4. The first kappa shape index (κ1) is 18.0. The fourth-order valence-corrected chi connectivity index (χ4v) is 3.64. The lowest BCUT2D eigenvalue weighted by Gasteiger charge is -2.14. The van der Waals surface area contributed by atoms with Gasteiger partial charge in [-0.1, -0.05) is 35.9 Å². The van der Waals surface area contributed by atoms with E-state index in [2.05, 4.69) is 15.0 Å². The molecular weight excluding hydrogens is 350 g/mol. The van der Waals surface area contributed by atoms with E-state index in [-0.39, 0.29) is 4.90 Å². The summed E-state index contributed by atoms with van der Waals surface area (Å²) in [6, 6.07) is 16.5. The maximum absolute atomic E-state index is 12.4. The quantitative estimate of drug-likeness (QED) is 0.724. The first-order chi connectivity index (χ1) is 12.3. The Kier molecular flexibility index (Phi) is 5.01. The molecule has 1 atom stereocenters. The number of hydrogen-bond acceptors (Lipinski definition) is 4. The van der Waals surface area contributed by atoms with Crippen LogP contribution in [-0.2, 0) is 14.8 Å². The van der Waals surface area contributed by atoms with E-state index >= 15 is 0 Å². The van der Waals surface area contributed by atoms with Crippen LogP contribution in [0.1, 0.15) is 12.5 Å². The number of nitrogens with zero attached hydrogens (tertiary/aromatic N) is 1. The Labute approximate surface area is 152 Å². The molecule has 134 valence electrons. The second-order valence-corrected chi connectivity index (χ2v) is 7.75. The van der Waals surface area contributed by atoms with Crippen molar-refractivity contribution in [1.29, 1.82) is 0 Å². The lowest BCUT2D eigenvalue weighted by molar-refractivity contribution is -0.117. The molecule has 0 radical (unpaired) electrons. The van der Waals surface area contributed by atoms with Gasteiger partial charge in [0.05, 0.1) is 16.5 Å². The zero-order valence-corrected chi connectivity index (χ0v) is 15.2. The summed E-state index contributed by atoms with van der Waals surface area (Å²) >= 11 is 0. The molecule has 0 unspecified atom stereocenters. The molecule has 6 nitrogen and oxygen atoms in total. The van der Waals surface area contributed by atoms with Gasteiger partial charge in [0.25, 0.3) is 0 Å². The van der Waals surface area contributed by atoms with Crippen molar-refractivity contribution in [2.24, 2.45) is 0 Å². The minimum atomic E-state index is -3.78. The number of pyridine rings is 1. The van der Waals surface area contributed by atoms with Crippen LogP contribution in [0.15, 0.2) is 65.6 Å². The number of rotatable bonds is 5. The van der Waals surface area contributed by atoms with E-state index < -0.39 is 22.0 Å². The third-order valence-corrected chi connectivity index (χ3v) is 5.46. The molecule has 1 aromatic heterocycles. The number of hydrogen-bond donors (Lipinski definition) is 2. The topological polar surface area (TPSA) is 88.2 Å². The summed E-state index contributed by atoms with van der Waals surface area (Å²) in [6.45, 7) is 3.36. The number of anilines is 1. The van der Waals surface area contributed by atoms with Crippen LogP contribution in [0.5, 0.6) is 0 Å². The van der Waals surface area contributed by atoms with Crippen LogP contribution in [0.2, 0.25) is 0 Å². The van der Waals surface area contributed by atoms with Gasteiger partial charge in [-0.15, -0.1) is 0 Å². The molecule has 1 amide bonds. The zero-order chi connectivity index (χ0) is 18.7. The average molecular weight is 369 g/mol. The number of fused-ring (bicyclic) bond motifs is 1. The highest BCUT2D eigenvalue weighted by Gasteiger charge is 2.22. The van der Waals surface area contributed by atoms with Crippen LogP contribution in [0.25, 0.3) is 10.9 Å². The minimum Gasteiger partial charge on any atom is -0.309 e. The summed E-state index contributed by atoms with van der Waals surface area (Å²) < 4.78 is 27.1. The predicted octanol–water partition coefficient (Wildman–Crippen LogP) is 2.85. The molecule has 0 spiro atoms. The molecule has 2 aromatic carbocycles. The number of aryl methyl sites for hydroxylation is 1. The summed E-state index contributed by atoms with van der Waals surface area (Å²) in [5.41, 5.74) is 1.70. The van der Waals surface area contributed by atoms with Crippen molar-refractivity contribution in [3.05, 3.63) is 66.2 Å². The Bertz CT molecular complexity index is 1050. The lowest BCUT2D eigenvalue weighted by atomic mass is 10.2. The molecule has 0 aliphatic heterocycles. The van der Waals surface area contributed by atoms with Crippen LogP contribution in [0.3, 0.4) is 0 Å². The molecule has 3 aromatic rings. The van der Waals surface area contributed by atoms with Gasteiger partial charge in [0, 0.05) is 5.39 Å². The Morgan fingerprint density at radius 2 is 1.69 bits per heavy atom. The maximum Gasteiger partial charge on any atom is 0.243 e. The first-order valence-corrected chi connectivity index (χ1v) is 9.59. The summed E-state index contributed by atoms with van der Waals surface area (Å²) in [7, 11) is -3.78.